The van der Waals surface area contributed by atoms with Crippen LogP contribution in [-0.4, -0.2) is 280 Å². The Hall–Kier alpha value is -11.4. The molecule has 3 aromatic heterocycles. The van der Waals surface area contributed by atoms with Crippen LogP contribution in [0.1, 0.15) is 207 Å². The molecule has 15 heterocycles. The molecule has 15 rings (SSSR count). The molecule has 148 heavy (non-hydrogen) atoms. The molecule has 4 amide bonds. The SMILES string of the molecule is CC[C@@]1(C(F)F)O[C@@H](N2C=CC(=O)CC2=O)[C@@H](O)[C@@H]1C.CC[C@@]1(C(F)F)O[C@@H](N2C=CC(=O)CC2=O)[C@@H](OC(C)=O)[C@@H]1C.CC[C@@]1(C(F)F)O[C@@H](N2C=CC(=O)CC2=O)[C@H](O)[C@@H]1C.CC[C@@]1(C(F)F)O[C@@H](N2C=CC(=O)CC2=O)[C@H](OC(C)=O)[C@@H]1C.CC[C@@]1(C(F)F)O[C@@H](n2ccc(N)nc2=O)[C@@H](O)[C@@H]1C.CC[C@@]1(C(F)F)O[C@@H](n2ccc(N)nc2=O)[C@@H](OC(C)=O)[C@@H]1C.CC[C@@]1(C(F)F)O[C@@H]2[C@@H](Oc3nc(=O)ccn32)[C@@H]1C. The zero-order valence-electron chi connectivity index (χ0n) is 83.5. The molecule has 0 saturated carbocycles. The van der Waals surface area contributed by atoms with Crippen LogP contribution in [0.4, 0.5) is 73.1 Å². The number of nitrogen functional groups attached to an aromatic ring is 2. The normalized spacial score (nSPS) is 34.9. The quantitative estimate of drug-likeness (QED) is 0.0255. The van der Waals surface area contributed by atoms with Crippen LogP contribution >= 0.6 is 0 Å². The second-order valence-corrected chi connectivity index (χ2v) is 37.2. The van der Waals surface area contributed by atoms with E-state index in [9.17, 15) is 144 Å². The van der Waals surface area contributed by atoms with Crippen molar-refractivity contribution in [3.05, 3.63) is 117 Å². The Kier molecular flexibility index (Phi) is 39.2. The number of esters is 3. The molecule has 7 N–H and O–H groups in total. The molecule has 54 heteroatoms. The lowest BCUT2D eigenvalue weighted by molar-refractivity contribution is -0.184. The third kappa shape index (κ3) is 23.5. The standard InChI is InChI=1S/2C15H19F2NO5.C14H19F2N3O4.2C13H17F2NO4.C12H17F2N3O3.C12H14F2N2O3/c2*1-4-15(14(16)17)8(2)12(22-9(3)19)13(23-15)18-6-5-10(20)7-11(18)21;1-4-14(12(15)16)7(2)10(22-8(3)20)11(23-14)19-6-5-9(17)18-13(19)21;2*1-3-13(12(14)15)7(2)10(19)11(20-13)16-5-4-8(17)6-9(16)18;1-3-12(10(13)14)6(2)8(18)9(20-12)17-5-4-7(15)16-11(17)19;1-3-12(10(13)14)6(2)8-9(19-12)16-5-4-7(17)15-11(16)18-8/h2*5-6,8,12-14H,4,7H2,1-3H3;5-7,10-12H,4H2,1-3H3,(H2,17,18,21);2*4-5,7,10-12,19H,3,6H2,1-2H3;4-6,8-10,18H,3H2,1-2H3,(H2,15,16,19);4-6,8-10H,3H2,1-2H3/t8-,12+,13+,15+;8-,12-,13+,15+;7-,10-,11+,14+;7-,10+,11+,13+;7-,10-,11+,13+;2*6-,8-,9+,12+/m0000000/s1. The maximum absolute atomic E-state index is 13.6. The first-order valence-electron chi connectivity index (χ1n) is 47.5. The van der Waals surface area contributed by atoms with Gasteiger partial charge in [0.05, 0.1) is 25.7 Å². The van der Waals surface area contributed by atoms with E-state index in [4.69, 9.17) is 63.6 Å². The minimum absolute atomic E-state index is 0.00273. The van der Waals surface area contributed by atoms with Crippen LogP contribution < -0.4 is 33.1 Å². The van der Waals surface area contributed by atoms with Crippen molar-refractivity contribution in [2.75, 3.05) is 11.5 Å². The highest BCUT2D eigenvalue weighted by Crippen LogP contribution is 2.55. The Bertz CT molecular complexity index is 5460. The zero-order valence-corrected chi connectivity index (χ0v) is 83.5. The molecule has 0 radical (unpaired) electrons. The van der Waals surface area contributed by atoms with Gasteiger partial charge in [0, 0.05) is 112 Å². The van der Waals surface area contributed by atoms with Crippen LogP contribution in [0.25, 0.3) is 0 Å². The van der Waals surface area contributed by atoms with Crippen molar-refractivity contribution in [3.8, 4) is 6.01 Å². The van der Waals surface area contributed by atoms with E-state index in [2.05, 4.69) is 15.0 Å². The molecule has 7 saturated heterocycles. The molecular formula is C94H122F14N12O28. The van der Waals surface area contributed by atoms with Gasteiger partial charge in [-0.1, -0.05) is 96.9 Å². The number of carbonyl (C=O) groups is 11. The number of anilines is 2. The average Bonchev–Trinajstić information content (AvgIpc) is 1.57. The number of aromatic nitrogens is 6. The van der Waals surface area contributed by atoms with Crippen LogP contribution in [0.15, 0.2) is 100 Å². The summed E-state index contributed by atoms with van der Waals surface area (Å²) in [6.07, 6.45) is -22.1. The molecule has 0 unspecified atom stereocenters. The number of nitrogens with zero attached hydrogens (tertiary/aromatic N) is 10. The lowest BCUT2D eigenvalue weighted by Gasteiger charge is -2.32. The van der Waals surface area contributed by atoms with Gasteiger partial charge in [-0.3, -0.25) is 90.8 Å². The minimum atomic E-state index is -2.81. The molecule has 40 nitrogen and oxygen atoms in total. The summed E-state index contributed by atoms with van der Waals surface area (Å²) in [6.45, 7) is 25.1. The smallest absolute Gasteiger partial charge is 0.351 e. The predicted octanol–water partition coefficient (Wildman–Crippen LogP) is 9.10. The van der Waals surface area contributed by atoms with Gasteiger partial charge in [-0.25, -0.2) is 71.1 Å². The minimum Gasteiger partial charge on any atom is -0.457 e. The number of ketones is 4. The summed E-state index contributed by atoms with van der Waals surface area (Å²) in [5.74, 6) is -11.1. The first-order chi connectivity index (χ1) is 69.2. The van der Waals surface area contributed by atoms with Gasteiger partial charge in [0.15, 0.2) is 91.1 Å². The number of hydrogen-bond acceptors (Lipinski definition) is 33. The van der Waals surface area contributed by atoms with E-state index in [0.717, 1.165) is 42.6 Å². The summed E-state index contributed by atoms with van der Waals surface area (Å²) in [4.78, 5) is 176. The summed E-state index contributed by atoms with van der Waals surface area (Å²) >= 11 is 0. The Morgan fingerprint density at radius 3 is 0.851 bits per heavy atom. The average molecular weight is 2130 g/mol. The zero-order chi connectivity index (χ0) is 111. The van der Waals surface area contributed by atoms with E-state index in [1.807, 2.05) is 0 Å². The summed E-state index contributed by atoms with van der Waals surface area (Å²) in [7, 11) is 0. The number of fused-ring (bicyclic) bond motifs is 3. The van der Waals surface area contributed by atoms with Gasteiger partial charge in [-0.15, -0.1) is 0 Å². The number of amides is 4. The van der Waals surface area contributed by atoms with Crippen molar-refractivity contribution in [2.24, 2.45) is 41.4 Å². The van der Waals surface area contributed by atoms with Gasteiger partial charge < -0.3 is 78.9 Å². The van der Waals surface area contributed by atoms with Gasteiger partial charge in [0.2, 0.25) is 23.6 Å². The molecule has 0 aromatic carbocycles. The van der Waals surface area contributed by atoms with Gasteiger partial charge in [-0.05, 0) is 81.4 Å². The van der Waals surface area contributed by atoms with Gasteiger partial charge in [-0.2, -0.15) is 15.0 Å². The molecular weight excluding hydrogens is 2010 g/mol. The van der Waals surface area contributed by atoms with E-state index in [1.54, 1.807) is 55.4 Å². The van der Waals surface area contributed by atoms with Crippen LogP contribution in [-0.2, 0) is 100 Å². The number of rotatable bonds is 23. The van der Waals surface area contributed by atoms with Gasteiger partial charge >= 0.3 is 35.3 Å². The molecule has 3 aromatic rings. The fourth-order valence-corrected chi connectivity index (χ4v) is 20.0. The van der Waals surface area contributed by atoms with Crippen molar-refractivity contribution >= 4 is 76.3 Å². The van der Waals surface area contributed by atoms with Crippen molar-refractivity contribution in [1.82, 2.24) is 48.3 Å². The Morgan fingerprint density at radius 1 is 0.345 bits per heavy atom. The van der Waals surface area contributed by atoms with Crippen LogP contribution in [0, 0.1) is 41.4 Å². The topological polar surface area (TPSA) is 520 Å². The number of carbonyl (C=O) groups excluding carboxylic acids is 11. The second kappa shape index (κ2) is 48.3. The summed E-state index contributed by atoms with van der Waals surface area (Å²) in [5.41, 5.74) is -3.42. The van der Waals surface area contributed by atoms with E-state index < -0.39 is 270 Å². The largest absolute Gasteiger partial charge is 0.457 e. The molecule has 0 spiro atoms. The molecule has 7 fully saturated rings. The fourth-order valence-electron chi connectivity index (χ4n) is 20.0. The maximum Gasteiger partial charge on any atom is 0.351 e. The Morgan fingerprint density at radius 2 is 0.581 bits per heavy atom. The molecule has 28 atom stereocenters. The van der Waals surface area contributed by atoms with Crippen molar-refractivity contribution < 1.29 is 182 Å². The number of aliphatic hydroxyl groups excluding tert-OH is 3. The number of aliphatic hydroxyl groups is 3. The highest BCUT2D eigenvalue weighted by atomic mass is 19.3. The molecule has 0 bridgehead atoms. The number of ether oxygens (including phenoxy) is 11. The van der Waals surface area contributed by atoms with Crippen LogP contribution in [0.5, 0.6) is 6.01 Å². The van der Waals surface area contributed by atoms with Crippen LogP contribution in [0.3, 0.4) is 0 Å². The monoisotopic (exact) mass is 2130 g/mol. The number of allylic oxidation sites excluding steroid dienone is 4. The molecule has 12 aliphatic heterocycles. The molecule has 12 aliphatic rings. The van der Waals surface area contributed by atoms with E-state index in [0.29, 0.717) is 0 Å². The summed E-state index contributed by atoms with van der Waals surface area (Å²) < 4.78 is 251. The van der Waals surface area contributed by atoms with Gasteiger partial charge in [0.1, 0.15) is 69.2 Å². The van der Waals surface area contributed by atoms with Crippen LogP contribution in [0.2, 0.25) is 0 Å². The third-order valence-electron chi connectivity index (χ3n) is 29.5. The maximum atomic E-state index is 13.6. The predicted molar refractivity (Wildman–Crippen MR) is 483 cm³/mol. The molecule has 0 aliphatic carbocycles. The van der Waals surface area contributed by atoms with Gasteiger partial charge in [0.25, 0.3) is 50.5 Å². The van der Waals surface area contributed by atoms with Crippen molar-refractivity contribution in [1.29, 1.82) is 0 Å². The first kappa shape index (κ1) is 120. The van der Waals surface area contributed by atoms with E-state index >= 15 is 0 Å². The number of alkyl halides is 14. The number of hydrogen-bond donors (Lipinski definition) is 5. The number of nitrogens with two attached hydrogens (primary N) is 2. The lowest BCUT2D eigenvalue weighted by atomic mass is 9.85. The number of halogens is 14. The Labute approximate surface area is 838 Å². The highest BCUT2D eigenvalue weighted by molar-refractivity contribution is 6.08. The summed E-state index contributed by atoms with van der Waals surface area (Å²) in [5, 5.41) is 30.4. The first-order valence-corrected chi connectivity index (χ1v) is 47.5. The second-order valence-electron chi connectivity index (χ2n) is 37.2. The van der Waals surface area contributed by atoms with Crippen molar-refractivity contribution in [2.45, 2.75) is 359 Å². The van der Waals surface area contributed by atoms with E-state index in [1.165, 1.54) is 139 Å². The van der Waals surface area contributed by atoms with Crippen molar-refractivity contribution in [3.63, 3.8) is 0 Å². The summed E-state index contributed by atoms with van der Waals surface area (Å²) in [6, 6.07) is 4.08. The lowest BCUT2D eigenvalue weighted by Crippen LogP contribution is -2.46. The fraction of sp³-hybridized carbons (Fsp3) is 0.670. The third-order valence-corrected chi connectivity index (χ3v) is 29.5. The van der Waals surface area contributed by atoms with E-state index in [-0.39, 0.29) is 111 Å². The molecule has 824 valence electrons. The Balaban J connectivity index is 0.000000192. The highest BCUT2D eigenvalue weighted by Gasteiger charge is 2.67.